The molecule has 2 rings (SSSR count). The van der Waals surface area contributed by atoms with Crippen LogP contribution in [0, 0.1) is 6.92 Å². The molecule has 0 N–H and O–H groups in total. The molecule has 1 fully saturated rings. The Bertz CT molecular complexity index is 673. The first-order valence-electron chi connectivity index (χ1n) is 5.58. The fourth-order valence-corrected chi connectivity index (χ4v) is 7.11. The van der Waals surface area contributed by atoms with Gasteiger partial charge in [-0.3, -0.25) is 0 Å². The van der Waals surface area contributed by atoms with Gasteiger partial charge in [0.15, 0.2) is 9.84 Å². The quantitative estimate of drug-likeness (QED) is 0.834. The van der Waals surface area contributed by atoms with Crippen molar-refractivity contribution in [1.29, 1.82) is 0 Å². The zero-order valence-electron chi connectivity index (χ0n) is 10.5. The molecule has 0 aliphatic carbocycles. The third-order valence-electron chi connectivity index (χ3n) is 3.19. The van der Waals surface area contributed by atoms with E-state index >= 15 is 0 Å². The Labute approximate surface area is 122 Å². The average Bonchev–Trinajstić information content (AvgIpc) is 2.82. The van der Waals surface area contributed by atoms with Gasteiger partial charge in [0.2, 0.25) is 0 Å². The summed E-state index contributed by atoms with van der Waals surface area (Å²) in [5, 5.41) is 0. The van der Waals surface area contributed by atoms with Crippen LogP contribution in [-0.2, 0) is 19.9 Å². The van der Waals surface area contributed by atoms with Crippen LogP contribution in [0.4, 0.5) is 0 Å². The minimum absolute atomic E-state index is 0.0434. The normalized spacial score (nSPS) is 23.1. The highest BCUT2D eigenvalue weighted by Crippen LogP contribution is 2.33. The summed E-state index contributed by atoms with van der Waals surface area (Å²) in [6.45, 7) is 1.73. The second-order valence-corrected chi connectivity index (χ2v) is 10.7. The summed E-state index contributed by atoms with van der Waals surface area (Å²) in [4.78, 5) is 0. The van der Waals surface area contributed by atoms with Crippen molar-refractivity contribution in [3.05, 3.63) is 16.0 Å². The van der Waals surface area contributed by atoms with E-state index in [1.54, 1.807) is 6.92 Å². The summed E-state index contributed by atoms with van der Waals surface area (Å²) in [5.41, 5.74) is 0.706. The fraction of sp³-hybridized carbons (Fsp3) is 0.600. The lowest BCUT2D eigenvalue weighted by molar-refractivity contribution is 0.395. The van der Waals surface area contributed by atoms with Gasteiger partial charge in [0.25, 0.3) is 10.0 Å². The molecule has 0 spiro atoms. The Morgan fingerprint density at radius 1 is 1.47 bits per heavy atom. The van der Waals surface area contributed by atoms with Gasteiger partial charge in [-0.1, -0.05) is 11.6 Å². The van der Waals surface area contributed by atoms with Crippen molar-refractivity contribution in [2.45, 2.75) is 23.6 Å². The number of rotatable bonds is 3. The van der Waals surface area contributed by atoms with Gasteiger partial charge in [0.05, 0.1) is 15.8 Å². The average molecular weight is 344 g/mol. The van der Waals surface area contributed by atoms with Crippen LogP contribution < -0.4 is 0 Å². The molecule has 1 saturated heterocycles. The number of sulfonamides is 1. The lowest BCUT2D eigenvalue weighted by atomic mass is 10.3. The van der Waals surface area contributed by atoms with Crippen molar-refractivity contribution < 1.29 is 16.8 Å². The van der Waals surface area contributed by atoms with E-state index in [0.717, 1.165) is 15.6 Å². The van der Waals surface area contributed by atoms with Gasteiger partial charge in [0.1, 0.15) is 4.21 Å². The molecule has 9 heteroatoms. The molecule has 1 aromatic heterocycles. The molecule has 0 saturated carbocycles. The lowest BCUT2D eigenvalue weighted by Crippen LogP contribution is -2.37. The first kappa shape index (κ1) is 15.2. The Hall–Kier alpha value is -0.150. The fourth-order valence-electron chi connectivity index (χ4n) is 1.96. The monoisotopic (exact) mass is 343 g/mol. The molecule has 0 unspecified atom stereocenters. The largest absolute Gasteiger partial charge is 0.252 e. The van der Waals surface area contributed by atoms with Crippen LogP contribution in [0.25, 0.3) is 0 Å². The minimum Gasteiger partial charge on any atom is -0.229 e. The molecule has 1 atom stereocenters. The van der Waals surface area contributed by atoms with Crippen LogP contribution in [0.2, 0.25) is 4.34 Å². The van der Waals surface area contributed by atoms with Crippen molar-refractivity contribution in [1.82, 2.24) is 4.31 Å². The second-order valence-electron chi connectivity index (χ2n) is 4.60. The molecule has 0 radical (unpaired) electrons. The van der Waals surface area contributed by atoms with Crippen molar-refractivity contribution in [2.24, 2.45) is 0 Å². The van der Waals surface area contributed by atoms with Crippen LogP contribution in [0.3, 0.4) is 0 Å². The highest BCUT2D eigenvalue weighted by Gasteiger charge is 2.37. The van der Waals surface area contributed by atoms with E-state index in [4.69, 9.17) is 11.6 Å². The van der Waals surface area contributed by atoms with Gasteiger partial charge in [-0.2, -0.15) is 4.31 Å². The molecule has 19 heavy (non-hydrogen) atoms. The summed E-state index contributed by atoms with van der Waals surface area (Å²) in [6.07, 6.45) is 0.343. The molecule has 0 aromatic carbocycles. The summed E-state index contributed by atoms with van der Waals surface area (Å²) in [5.74, 6) is -0.0669. The molecule has 1 aromatic rings. The predicted molar refractivity (Wildman–Crippen MR) is 76.1 cm³/mol. The van der Waals surface area contributed by atoms with E-state index in [1.807, 2.05) is 0 Å². The smallest absolute Gasteiger partial charge is 0.229 e. The highest BCUT2D eigenvalue weighted by molar-refractivity contribution is 7.92. The number of hydrogen-bond donors (Lipinski definition) is 0. The molecular formula is C10H14ClNO4S3. The third kappa shape index (κ3) is 2.97. The van der Waals surface area contributed by atoms with Crippen molar-refractivity contribution >= 4 is 42.8 Å². The van der Waals surface area contributed by atoms with Crippen molar-refractivity contribution in [3.8, 4) is 0 Å². The van der Waals surface area contributed by atoms with Crippen LogP contribution >= 0.6 is 22.9 Å². The zero-order chi connectivity index (χ0) is 14.4. The number of aryl methyl sites for hydroxylation is 1. The number of sulfone groups is 1. The van der Waals surface area contributed by atoms with E-state index in [2.05, 4.69) is 0 Å². The van der Waals surface area contributed by atoms with Crippen LogP contribution in [-0.4, -0.2) is 45.7 Å². The molecule has 1 aliphatic rings. The second kappa shape index (κ2) is 5.00. The predicted octanol–water partition coefficient (Wildman–Crippen LogP) is 1.52. The Kier molecular flexibility index (Phi) is 4.01. The first-order valence-corrected chi connectivity index (χ1v) is 10.0. The number of nitrogens with zero attached hydrogens (tertiary/aromatic N) is 1. The van der Waals surface area contributed by atoms with Gasteiger partial charge in [-0.15, -0.1) is 11.3 Å². The maximum absolute atomic E-state index is 12.4. The van der Waals surface area contributed by atoms with E-state index < -0.39 is 25.9 Å². The maximum atomic E-state index is 12.4. The van der Waals surface area contributed by atoms with Crippen LogP contribution in [0.15, 0.2) is 10.3 Å². The summed E-state index contributed by atoms with van der Waals surface area (Å²) in [6, 6.07) is 1.03. The molecule has 2 heterocycles. The minimum atomic E-state index is -3.67. The summed E-state index contributed by atoms with van der Waals surface area (Å²) >= 11 is 6.88. The summed E-state index contributed by atoms with van der Waals surface area (Å²) < 4.78 is 49.4. The highest BCUT2D eigenvalue weighted by atomic mass is 35.5. The number of hydrogen-bond acceptors (Lipinski definition) is 5. The topological polar surface area (TPSA) is 71.5 Å². The Balaban J connectivity index is 2.30. The Morgan fingerprint density at radius 2 is 2.11 bits per heavy atom. The lowest BCUT2D eigenvalue weighted by Gasteiger charge is -2.21. The molecular weight excluding hydrogens is 330 g/mol. The van der Waals surface area contributed by atoms with Gasteiger partial charge in [0, 0.05) is 13.1 Å². The van der Waals surface area contributed by atoms with E-state index in [0.29, 0.717) is 16.3 Å². The SMILES string of the molecule is Cc1cc(S(=O)(=O)N(C)[C@H]2CCS(=O)(=O)C2)sc1Cl. The van der Waals surface area contributed by atoms with Crippen molar-refractivity contribution in [2.75, 3.05) is 18.6 Å². The van der Waals surface area contributed by atoms with Gasteiger partial charge < -0.3 is 0 Å². The third-order valence-corrected chi connectivity index (χ3v) is 8.86. The van der Waals surface area contributed by atoms with Gasteiger partial charge in [-0.05, 0) is 25.0 Å². The summed E-state index contributed by atoms with van der Waals surface area (Å²) in [7, 11) is -5.37. The number of halogens is 1. The molecule has 108 valence electrons. The van der Waals surface area contributed by atoms with Gasteiger partial charge in [-0.25, -0.2) is 16.8 Å². The van der Waals surface area contributed by atoms with Crippen molar-refractivity contribution in [3.63, 3.8) is 0 Å². The van der Waals surface area contributed by atoms with E-state index in [9.17, 15) is 16.8 Å². The first-order chi connectivity index (χ1) is 8.63. The molecule has 1 aliphatic heterocycles. The molecule has 5 nitrogen and oxygen atoms in total. The van der Waals surface area contributed by atoms with E-state index in [1.165, 1.54) is 13.1 Å². The van der Waals surface area contributed by atoms with Crippen LogP contribution in [0.1, 0.15) is 12.0 Å². The zero-order valence-corrected chi connectivity index (χ0v) is 13.7. The maximum Gasteiger partial charge on any atom is 0.252 e. The van der Waals surface area contributed by atoms with Crippen LogP contribution in [0.5, 0.6) is 0 Å². The molecule has 0 amide bonds. The standard InChI is InChI=1S/C10H14ClNO4S3/c1-7-5-9(17-10(7)11)19(15,16)12(2)8-3-4-18(13,14)6-8/h5,8H,3-4,6H2,1-2H3/t8-/m0/s1. The Morgan fingerprint density at radius 3 is 2.53 bits per heavy atom. The van der Waals surface area contributed by atoms with Gasteiger partial charge >= 0.3 is 0 Å². The number of thiophene rings is 1. The van der Waals surface area contributed by atoms with E-state index in [-0.39, 0.29) is 15.7 Å². The molecule has 0 bridgehead atoms.